The number of Topliss-reactive ketones (excluding diaryl/α,β-unsaturated/α-hetero) is 1. The van der Waals surface area contributed by atoms with Gasteiger partial charge in [-0.05, 0) is 39.8 Å². The van der Waals surface area contributed by atoms with E-state index in [1.807, 2.05) is 0 Å². The minimum Gasteiger partial charge on any atom is -0.461 e. The molecule has 2 aliphatic heterocycles. The molecule has 12 heteroatoms. The first-order chi connectivity index (χ1) is 14.9. The molecule has 170 valence electrons. The van der Waals surface area contributed by atoms with E-state index >= 15 is 0 Å². The number of rotatable bonds is 7. The Hall–Kier alpha value is -3.34. The van der Waals surface area contributed by atoms with Crippen LogP contribution in [-0.2, 0) is 23.9 Å². The number of fused-ring (bicyclic) bond motifs is 1. The van der Waals surface area contributed by atoms with E-state index in [0.29, 0.717) is 0 Å². The van der Waals surface area contributed by atoms with Gasteiger partial charge in [0.15, 0.2) is 5.71 Å². The van der Waals surface area contributed by atoms with Crippen LogP contribution in [0.25, 0.3) is 0 Å². The maximum Gasteiger partial charge on any atom is 0.355 e. The Balaban J connectivity index is 2.10. The van der Waals surface area contributed by atoms with Crippen LogP contribution in [-0.4, -0.2) is 57.4 Å². The van der Waals surface area contributed by atoms with E-state index in [4.69, 9.17) is 16.3 Å². The molecular formula is C20H21ClN4O7. The maximum absolute atomic E-state index is 13.4. The number of hydrogen-bond donors (Lipinski definition) is 0. The molecule has 0 radical (unpaired) electrons. The molecule has 2 amide bonds. The van der Waals surface area contributed by atoms with Gasteiger partial charge >= 0.3 is 5.97 Å². The highest BCUT2D eigenvalue weighted by molar-refractivity contribution is 6.46. The molecule has 0 spiro atoms. The number of nitro groups is 1. The summed E-state index contributed by atoms with van der Waals surface area (Å²) < 4.78 is 5.01. The Morgan fingerprint density at radius 3 is 2.50 bits per heavy atom. The number of amides is 2. The molecule has 1 aromatic carbocycles. The summed E-state index contributed by atoms with van der Waals surface area (Å²) in [6.45, 7) is 6.32. The van der Waals surface area contributed by atoms with Crippen LogP contribution in [0.3, 0.4) is 0 Å². The zero-order chi connectivity index (χ0) is 24.0. The third kappa shape index (κ3) is 3.83. The van der Waals surface area contributed by atoms with Gasteiger partial charge in [0, 0.05) is 12.5 Å². The fraction of sp³-hybridized carbons (Fsp3) is 0.450. The quantitative estimate of drug-likeness (QED) is 0.258. The van der Waals surface area contributed by atoms with Gasteiger partial charge in [0.1, 0.15) is 22.8 Å². The van der Waals surface area contributed by atoms with Crippen molar-refractivity contribution >= 4 is 52.3 Å². The molecule has 3 rings (SSSR count). The van der Waals surface area contributed by atoms with E-state index < -0.39 is 45.9 Å². The van der Waals surface area contributed by atoms with Crippen LogP contribution in [0.2, 0.25) is 5.02 Å². The van der Waals surface area contributed by atoms with Gasteiger partial charge in [0.25, 0.3) is 11.6 Å². The molecule has 2 aliphatic rings. The average Bonchev–Trinajstić information content (AvgIpc) is 3.19. The maximum atomic E-state index is 13.4. The van der Waals surface area contributed by atoms with Gasteiger partial charge in [-0.25, -0.2) is 9.69 Å². The minimum atomic E-state index is -1.28. The molecule has 2 unspecified atom stereocenters. The fourth-order valence-electron chi connectivity index (χ4n) is 4.02. The number of carbonyl (C=O) groups is 4. The summed E-state index contributed by atoms with van der Waals surface area (Å²) in [7, 11) is 0. The number of nitrogens with zero attached hydrogens (tertiary/aromatic N) is 4. The Morgan fingerprint density at radius 2 is 1.94 bits per heavy atom. The molecule has 2 atom stereocenters. The normalized spacial score (nSPS) is 20.3. The zero-order valence-corrected chi connectivity index (χ0v) is 18.6. The van der Waals surface area contributed by atoms with E-state index in [9.17, 15) is 29.3 Å². The van der Waals surface area contributed by atoms with Gasteiger partial charge in [0.2, 0.25) is 5.91 Å². The fourth-order valence-corrected chi connectivity index (χ4v) is 4.21. The monoisotopic (exact) mass is 464 g/mol. The number of ketones is 1. The van der Waals surface area contributed by atoms with E-state index in [-0.39, 0.29) is 35.2 Å². The number of imide groups is 1. The van der Waals surface area contributed by atoms with Gasteiger partial charge < -0.3 is 4.74 Å². The molecule has 1 fully saturated rings. The Labute approximate surface area is 188 Å². The summed E-state index contributed by atoms with van der Waals surface area (Å²) in [4.78, 5) is 62.3. The van der Waals surface area contributed by atoms with Crippen LogP contribution in [0.5, 0.6) is 0 Å². The first kappa shape index (κ1) is 23.3. The molecule has 11 nitrogen and oxygen atoms in total. The van der Waals surface area contributed by atoms with Gasteiger partial charge in [-0.15, -0.1) is 0 Å². The number of nitro benzene ring substituents is 1. The number of esters is 1. The molecule has 2 heterocycles. The van der Waals surface area contributed by atoms with Crippen LogP contribution in [0, 0.1) is 16.0 Å². The van der Waals surface area contributed by atoms with Crippen LogP contribution in [0.4, 0.5) is 11.4 Å². The predicted octanol–water partition coefficient (Wildman–Crippen LogP) is 2.10. The second-order valence-electron chi connectivity index (χ2n) is 8.07. The standard InChI is InChI=1S/C20H21ClN4O7/c1-5-32-19(29)15-14-16(24(22-15)20(3,4)9-10(2)26)18(28)23(17(14)27)11-6-7-12(21)13(8-11)25(30)31/h6-8,14,16H,5,9H2,1-4H3. The van der Waals surface area contributed by atoms with E-state index in [1.54, 1.807) is 20.8 Å². The summed E-state index contributed by atoms with van der Waals surface area (Å²) in [5.41, 5.74) is -1.79. The third-order valence-corrected chi connectivity index (χ3v) is 5.54. The average molecular weight is 465 g/mol. The van der Waals surface area contributed by atoms with Gasteiger partial charge in [-0.3, -0.25) is 29.5 Å². The second kappa shape index (κ2) is 8.30. The summed E-state index contributed by atoms with van der Waals surface area (Å²) >= 11 is 5.85. The molecule has 0 aromatic heterocycles. The van der Waals surface area contributed by atoms with E-state index in [1.165, 1.54) is 24.1 Å². The summed E-state index contributed by atoms with van der Waals surface area (Å²) in [5, 5.41) is 16.6. The number of benzene rings is 1. The van der Waals surface area contributed by atoms with Crippen LogP contribution in [0.1, 0.15) is 34.1 Å². The number of anilines is 1. The molecule has 1 saturated heterocycles. The zero-order valence-electron chi connectivity index (χ0n) is 17.8. The highest BCUT2D eigenvalue weighted by atomic mass is 35.5. The Bertz CT molecular complexity index is 1070. The van der Waals surface area contributed by atoms with E-state index in [0.717, 1.165) is 11.0 Å². The smallest absolute Gasteiger partial charge is 0.355 e. The van der Waals surface area contributed by atoms with Crippen LogP contribution in [0.15, 0.2) is 23.3 Å². The lowest BCUT2D eigenvalue weighted by atomic mass is 9.92. The Morgan fingerprint density at radius 1 is 1.28 bits per heavy atom. The number of hydrogen-bond acceptors (Lipinski definition) is 9. The number of carbonyl (C=O) groups excluding carboxylic acids is 4. The molecule has 32 heavy (non-hydrogen) atoms. The number of halogens is 1. The number of hydrazone groups is 1. The highest BCUT2D eigenvalue weighted by Gasteiger charge is 2.61. The van der Waals surface area contributed by atoms with E-state index in [2.05, 4.69) is 5.10 Å². The molecular weight excluding hydrogens is 444 g/mol. The minimum absolute atomic E-state index is 0.00368. The van der Waals surface area contributed by atoms with Crippen molar-refractivity contribution in [3.05, 3.63) is 33.3 Å². The summed E-state index contributed by atoms with van der Waals surface area (Å²) in [6, 6.07) is 2.33. The van der Waals surface area contributed by atoms with Crippen molar-refractivity contribution in [1.82, 2.24) is 5.01 Å². The molecule has 0 N–H and O–H groups in total. The lowest BCUT2D eigenvalue weighted by molar-refractivity contribution is -0.384. The van der Waals surface area contributed by atoms with Crippen molar-refractivity contribution in [3.8, 4) is 0 Å². The summed E-state index contributed by atoms with van der Waals surface area (Å²) in [5.74, 6) is -3.80. The largest absolute Gasteiger partial charge is 0.461 e. The topological polar surface area (TPSA) is 139 Å². The van der Waals surface area contributed by atoms with Crippen LogP contribution >= 0.6 is 11.6 Å². The molecule has 0 bridgehead atoms. The van der Waals surface area contributed by atoms with Crippen molar-refractivity contribution in [2.75, 3.05) is 11.5 Å². The van der Waals surface area contributed by atoms with Crippen LogP contribution < -0.4 is 4.90 Å². The highest BCUT2D eigenvalue weighted by Crippen LogP contribution is 2.41. The van der Waals surface area contributed by atoms with Crippen molar-refractivity contribution in [2.24, 2.45) is 11.0 Å². The van der Waals surface area contributed by atoms with Crippen molar-refractivity contribution in [3.63, 3.8) is 0 Å². The predicted molar refractivity (Wildman–Crippen MR) is 113 cm³/mol. The lowest BCUT2D eigenvalue weighted by Gasteiger charge is -2.36. The van der Waals surface area contributed by atoms with Crippen molar-refractivity contribution in [1.29, 1.82) is 0 Å². The summed E-state index contributed by atoms with van der Waals surface area (Å²) in [6.07, 6.45) is 0.00368. The van der Waals surface area contributed by atoms with Gasteiger partial charge in [-0.1, -0.05) is 11.6 Å². The SMILES string of the molecule is CCOC(=O)C1=NN(C(C)(C)CC(C)=O)C2C(=O)N(c3ccc(Cl)c([N+](=O)[O-])c3)C(=O)C12. The lowest BCUT2D eigenvalue weighted by Crippen LogP contribution is -2.50. The second-order valence-corrected chi connectivity index (χ2v) is 8.48. The van der Waals surface area contributed by atoms with Gasteiger partial charge in [0.05, 0.1) is 22.8 Å². The first-order valence-electron chi connectivity index (χ1n) is 9.76. The first-order valence-corrected chi connectivity index (χ1v) is 10.1. The molecule has 1 aromatic rings. The van der Waals surface area contributed by atoms with Crippen molar-refractivity contribution in [2.45, 2.75) is 45.7 Å². The number of ether oxygens (including phenoxy) is 1. The molecule has 0 aliphatic carbocycles. The van der Waals surface area contributed by atoms with Gasteiger partial charge in [-0.2, -0.15) is 5.10 Å². The molecule has 0 saturated carbocycles. The third-order valence-electron chi connectivity index (χ3n) is 5.22. The Kier molecular flexibility index (Phi) is 6.05. The van der Waals surface area contributed by atoms with Crippen molar-refractivity contribution < 1.29 is 28.8 Å².